The molecule has 0 aromatic rings. The van der Waals surface area contributed by atoms with Crippen LogP contribution in [0.4, 0.5) is 0 Å². The van der Waals surface area contributed by atoms with Crippen LogP contribution in [0.2, 0.25) is 0 Å². The van der Waals surface area contributed by atoms with E-state index in [1.165, 1.54) is 24.0 Å². The SMILES string of the molecule is CCCC1=C2C[C@H](C3(C)CO3)CCC2(C)CCC1=O. The molecule has 0 N–H and O–H groups in total. The highest BCUT2D eigenvalue weighted by molar-refractivity contribution is 5.97. The van der Waals surface area contributed by atoms with Gasteiger partial charge in [-0.05, 0) is 55.9 Å². The summed E-state index contributed by atoms with van der Waals surface area (Å²) in [5.41, 5.74) is 3.11. The van der Waals surface area contributed by atoms with Crippen molar-refractivity contribution >= 4 is 5.78 Å². The molecule has 0 spiro atoms. The van der Waals surface area contributed by atoms with Crippen molar-refractivity contribution in [2.75, 3.05) is 6.61 Å². The van der Waals surface area contributed by atoms with Gasteiger partial charge in [0.1, 0.15) is 0 Å². The van der Waals surface area contributed by atoms with Gasteiger partial charge in [-0.15, -0.1) is 0 Å². The molecule has 1 heterocycles. The van der Waals surface area contributed by atoms with Crippen LogP contribution >= 0.6 is 0 Å². The van der Waals surface area contributed by atoms with E-state index in [0.717, 1.165) is 38.7 Å². The minimum Gasteiger partial charge on any atom is -0.370 e. The molecule has 0 amide bonds. The topological polar surface area (TPSA) is 29.6 Å². The average molecular weight is 262 g/mol. The normalized spacial score (nSPS) is 42.3. The Bertz CT molecular complexity index is 431. The van der Waals surface area contributed by atoms with Crippen LogP contribution in [0.25, 0.3) is 0 Å². The van der Waals surface area contributed by atoms with Crippen LogP contribution in [-0.4, -0.2) is 18.0 Å². The van der Waals surface area contributed by atoms with E-state index in [4.69, 9.17) is 4.74 Å². The van der Waals surface area contributed by atoms with Crippen LogP contribution in [0.5, 0.6) is 0 Å². The Morgan fingerprint density at radius 2 is 2.05 bits per heavy atom. The van der Waals surface area contributed by atoms with Gasteiger partial charge in [0.2, 0.25) is 0 Å². The summed E-state index contributed by atoms with van der Waals surface area (Å²) in [4.78, 5) is 12.3. The maximum absolute atomic E-state index is 12.3. The Kier molecular flexibility index (Phi) is 3.12. The van der Waals surface area contributed by atoms with Crippen LogP contribution in [0.1, 0.15) is 65.7 Å². The van der Waals surface area contributed by atoms with Gasteiger partial charge in [0, 0.05) is 6.42 Å². The van der Waals surface area contributed by atoms with Crippen LogP contribution < -0.4 is 0 Å². The molecule has 3 rings (SSSR count). The summed E-state index contributed by atoms with van der Waals surface area (Å²) in [6, 6.07) is 0. The van der Waals surface area contributed by atoms with Crippen molar-refractivity contribution in [1.29, 1.82) is 0 Å². The number of fused-ring (bicyclic) bond motifs is 1. The fraction of sp³-hybridized carbons (Fsp3) is 0.824. The number of hydrogen-bond acceptors (Lipinski definition) is 2. The van der Waals surface area contributed by atoms with Crippen molar-refractivity contribution in [3.05, 3.63) is 11.1 Å². The highest BCUT2D eigenvalue weighted by atomic mass is 16.6. The lowest BCUT2D eigenvalue weighted by molar-refractivity contribution is -0.117. The summed E-state index contributed by atoms with van der Waals surface area (Å²) in [6.07, 6.45) is 7.52. The lowest BCUT2D eigenvalue weighted by Crippen LogP contribution is -2.37. The lowest BCUT2D eigenvalue weighted by Gasteiger charge is -2.45. The number of carbonyl (C=O) groups is 1. The molecule has 0 aromatic carbocycles. The third-order valence-corrected chi connectivity index (χ3v) is 5.79. The summed E-state index contributed by atoms with van der Waals surface area (Å²) in [5.74, 6) is 1.06. The van der Waals surface area contributed by atoms with Crippen molar-refractivity contribution < 1.29 is 9.53 Å². The molecule has 0 aromatic heterocycles. The highest BCUT2D eigenvalue weighted by Crippen LogP contribution is 2.55. The zero-order valence-corrected chi connectivity index (χ0v) is 12.6. The Morgan fingerprint density at radius 3 is 2.68 bits per heavy atom. The van der Waals surface area contributed by atoms with Gasteiger partial charge in [-0.3, -0.25) is 4.79 Å². The summed E-state index contributed by atoms with van der Waals surface area (Å²) in [7, 11) is 0. The molecule has 2 unspecified atom stereocenters. The van der Waals surface area contributed by atoms with E-state index in [9.17, 15) is 4.79 Å². The highest BCUT2D eigenvalue weighted by Gasteiger charge is 2.51. The zero-order chi connectivity index (χ0) is 13.7. The predicted octanol–water partition coefficient (Wildman–Crippen LogP) is 4.04. The van der Waals surface area contributed by atoms with Crippen LogP contribution in [0, 0.1) is 11.3 Å². The maximum Gasteiger partial charge on any atom is 0.158 e. The second-order valence-corrected chi connectivity index (χ2v) is 7.23. The Morgan fingerprint density at radius 1 is 1.32 bits per heavy atom. The third-order valence-electron chi connectivity index (χ3n) is 5.79. The minimum atomic E-state index is 0.117. The van der Waals surface area contributed by atoms with E-state index >= 15 is 0 Å². The number of epoxide rings is 1. The third kappa shape index (κ3) is 2.18. The second kappa shape index (κ2) is 4.44. The number of ether oxygens (including phenoxy) is 1. The number of Topliss-reactive ketones (excluding diaryl/α,β-unsaturated/α-hetero) is 1. The fourth-order valence-corrected chi connectivity index (χ4v) is 4.12. The van der Waals surface area contributed by atoms with Crippen molar-refractivity contribution in [1.82, 2.24) is 0 Å². The van der Waals surface area contributed by atoms with E-state index in [1.54, 1.807) is 0 Å². The molecule has 1 saturated heterocycles. The predicted molar refractivity (Wildman–Crippen MR) is 76.0 cm³/mol. The van der Waals surface area contributed by atoms with Crippen molar-refractivity contribution in [3.8, 4) is 0 Å². The van der Waals surface area contributed by atoms with Crippen molar-refractivity contribution in [3.63, 3.8) is 0 Å². The van der Waals surface area contributed by atoms with Gasteiger partial charge in [-0.2, -0.15) is 0 Å². The second-order valence-electron chi connectivity index (χ2n) is 7.23. The van der Waals surface area contributed by atoms with Crippen LogP contribution in [0.3, 0.4) is 0 Å². The number of hydrogen-bond donors (Lipinski definition) is 0. The Balaban J connectivity index is 1.93. The standard InChI is InChI=1S/C17H26O2/c1-4-5-13-14-10-12(17(3)11-19-17)6-8-16(14,2)9-7-15(13)18/h12H,4-11H2,1-3H3/t12-,16?,17?/m1/s1. The Hall–Kier alpha value is -0.630. The molecule has 3 aliphatic rings. The largest absolute Gasteiger partial charge is 0.370 e. The van der Waals surface area contributed by atoms with Crippen molar-refractivity contribution in [2.45, 2.75) is 71.3 Å². The molecule has 2 heteroatoms. The van der Waals surface area contributed by atoms with Crippen LogP contribution in [0.15, 0.2) is 11.1 Å². The van der Waals surface area contributed by atoms with Gasteiger partial charge in [-0.1, -0.05) is 25.8 Å². The smallest absolute Gasteiger partial charge is 0.158 e. The number of rotatable bonds is 3. The molecular weight excluding hydrogens is 236 g/mol. The monoisotopic (exact) mass is 262 g/mol. The van der Waals surface area contributed by atoms with Gasteiger partial charge < -0.3 is 4.74 Å². The maximum atomic E-state index is 12.3. The van der Waals surface area contributed by atoms with Gasteiger partial charge in [0.25, 0.3) is 0 Å². The van der Waals surface area contributed by atoms with E-state index in [0.29, 0.717) is 17.1 Å². The molecule has 2 fully saturated rings. The fourth-order valence-electron chi connectivity index (χ4n) is 4.12. The average Bonchev–Trinajstić information content (AvgIpc) is 3.12. The van der Waals surface area contributed by atoms with Gasteiger partial charge >= 0.3 is 0 Å². The molecule has 106 valence electrons. The molecule has 1 saturated carbocycles. The van der Waals surface area contributed by atoms with E-state index < -0.39 is 0 Å². The zero-order valence-electron chi connectivity index (χ0n) is 12.6. The summed E-state index contributed by atoms with van der Waals surface area (Å²) >= 11 is 0. The van der Waals surface area contributed by atoms with Gasteiger partial charge in [-0.25, -0.2) is 0 Å². The molecule has 3 atom stereocenters. The minimum absolute atomic E-state index is 0.117. The molecule has 2 aliphatic carbocycles. The van der Waals surface area contributed by atoms with Crippen LogP contribution in [-0.2, 0) is 9.53 Å². The molecule has 0 radical (unpaired) electrons. The van der Waals surface area contributed by atoms with E-state index in [1.807, 2.05) is 0 Å². The van der Waals surface area contributed by atoms with E-state index in [-0.39, 0.29) is 5.60 Å². The summed E-state index contributed by atoms with van der Waals surface area (Å²) in [6.45, 7) is 7.72. The first-order valence-corrected chi connectivity index (χ1v) is 7.88. The van der Waals surface area contributed by atoms with Crippen molar-refractivity contribution in [2.24, 2.45) is 11.3 Å². The first-order chi connectivity index (χ1) is 8.98. The van der Waals surface area contributed by atoms with Gasteiger partial charge in [0.15, 0.2) is 5.78 Å². The van der Waals surface area contributed by atoms with Gasteiger partial charge in [0.05, 0.1) is 12.2 Å². The van der Waals surface area contributed by atoms with E-state index in [2.05, 4.69) is 20.8 Å². The molecular formula is C17H26O2. The number of ketones is 1. The Labute approximate surface area is 116 Å². The number of carbonyl (C=O) groups excluding carboxylic acids is 1. The summed E-state index contributed by atoms with van der Waals surface area (Å²) < 4.78 is 5.66. The molecule has 1 aliphatic heterocycles. The first-order valence-electron chi connectivity index (χ1n) is 7.88. The molecule has 19 heavy (non-hydrogen) atoms. The first kappa shape index (κ1) is 13.4. The molecule has 0 bridgehead atoms. The summed E-state index contributed by atoms with van der Waals surface area (Å²) in [5, 5.41) is 0. The molecule has 2 nitrogen and oxygen atoms in total. The lowest BCUT2D eigenvalue weighted by atomic mass is 9.59. The number of allylic oxidation sites excluding steroid dienone is 2. The quantitative estimate of drug-likeness (QED) is 0.718.